The minimum absolute atomic E-state index is 0.286. The van der Waals surface area contributed by atoms with Gasteiger partial charge < -0.3 is 15.0 Å². The fourth-order valence-electron chi connectivity index (χ4n) is 2.05. The summed E-state index contributed by atoms with van der Waals surface area (Å²) in [6.07, 6.45) is 2.26. The maximum absolute atomic E-state index is 6.23. The average Bonchev–Trinajstić information content (AvgIpc) is 3.17. The Bertz CT molecular complexity index is 547. The van der Waals surface area contributed by atoms with Crippen molar-refractivity contribution >= 4 is 0 Å². The standard InChI is InChI=1S/C14H17N3O2/c1-14(15,10-7-8-10)13-16-12(17-19-13)9-18-11-5-3-2-4-6-11/h2-6,10H,7-9,15H2,1H3. The largest absolute Gasteiger partial charge is 0.485 e. The molecular weight excluding hydrogens is 242 g/mol. The Morgan fingerprint density at radius 2 is 2.11 bits per heavy atom. The van der Waals surface area contributed by atoms with Gasteiger partial charge >= 0.3 is 0 Å². The zero-order valence-corrected chi connectivity index (χ0v) is 10.9. The van der Waals surface area contributed by atoms with E-state index in [1.807, 2.05) is 37.3 Å². The first-order valence-electron chi connectivity index (χ1n) is 6.46. The van der Waals surface area contributed by atoms with Crippen LogP contribution in [0.25, 0.3) is 0 Å². The summed E-state index contributed by atoms with van der Waals surface area (Å²) in [6, 6.07) is 9.55. The van der Waals surface area contributed by atoms with Crippen molar-refractivity contribution in [3.8, 4) is 5.75 Å². The van der Waals surface area contributed by atoms with Crippen LogP contribution in [0, 0.1) is 5.92 Å². The highest BCUT2D eigenvalue weighted by Crippen LogP contribution is 2.43. The van der Waals surface area contributed by atoms with Crippen molar-refractivity contribution in [2.75, 3.05) is 0 Å². The van der Waals surface area contributed by atoms with Crippen LogP contribution in [0.3, 0.4) is 0 Å². The lowest BCUT2D eigenvalue weighted by atomic mass is 9.97. The first kappa shape index (κ1) is 12.2. The van der Waals surface area contributed by atoms with Crippen LogP contribution in [-0.4, -0.2) is 10.1 Å². The molecule has 100 valence electrons. The predicted octanol–water partition coefficient (Wildman–Crippen LogP) is 2.23. The van der Waals surface area contributed by atoms with Gasteiger partial charge in [-0.3, -0.25) is 0 Å². The molecule has 0 bridgehead atoms. The quantitative estimate of drug-likeness (QED) is 0.891. The number of nitrogens with zero attached hydrogens (tertiary/aromatic N) is 2. The van der Waals surface area contributed by atoms with E-state index in [2.05, 4.69) is 10.1 Å². The van der Waals surface area contributed by atoms with Crippen molar-refractivity contribution in [3.63, 3.8) is 0 Å². The first-order chi connectivity index (χ1) is 9.16. The molecule has 2 N–H and O–H groups in total. The topological polar surface area (TPSA) is 74.2 Å². The second kappa shape index (κ2) is 4.66. The SMILES string of the molecule is CC(N)(c1nc(COc2ccccc2)no1)C1CC1. The normalized spacial score (nSPS) is 18.0. The summed E-state index contributed by atoms with van der Waals surface area (Å²) in [5, 5.41) is 3.92. The van der Waals surface area contributed by atoms with E-state index < -0.39 is 5.54 Å². The molecule has 3 rings (SSSR count). The third-order valence-electron chi connectivity index (χ3n) is 3.47. The number of para-hydroxylation sites is 1. The zero-order valence-electron chi connectivity index (χ0n) is 10.9. The molecule has 1 saturated carbocycles. The van der Waals surface area contributed by atoms with Crippen molar-refractivity contribution in [2.45, 2.75) is 31.9 Å². The minimum atomic E-state index is -0.516. The molecule has 1 aliphatic carbocycles. The zero-order chi connectivity index (χ0) is 13.3. The fraction of sp³-hybridized carbons (Fsp3) is 0.429. The van der Waals surface area contributed by atoms with Crippen LogP contribution in [0.4, 0.5) is 0 Å². The molecule has 0 amide bonds. The van der Waals surface area contributed by atoms with E-state index in [1.165, 1.54) is 0 Å². The molecule has 1 fully saturated rings. The van der Waals surface area contributed by atoms with Gasteiger partial charge in [-0.05, 0) is 37.8 Å². The summed E-state index contributed by atoms with van der Waals surface area (Å²) >= 11 is 0. The fourth-order valence-corrected chi connectivity index (χ4v) is 2.05. The van der Waals surface area contributed by atoms with Crippen molar-refractivity contribution in [1.29, 1.82) is 0 Å². The smallest absolute Gasteiger partial charge is 0.246 e. The summed E-state index contributed by atoms with van der Waals surface area (Å²) < 4.78 is 10.8. The molecule has 1 aromatic heterocycles. The van der Waals surface area contributed by atoms with Crippen molar-refractivity contribution < 1.29 is 9.26 Å². The van der Waals surface area contributed by atoms with E-state index in [4.69, 9.17) is 15.0 Å². The second-order valence-corrected chi connectivity index (χ2v) is 5.17. The van der Waals surface area contributed by atoms with Crippen LogP contribution < -0.4 is 10.5 Å². The minimum Gasteiger partial charge on any atom is -0.485 e. The Morgan fingerprint density at radius 1 is 1.37 bits per heavy atom. The first-order valence-corrected chi connectivity index (χ1v) is 6.46. The van der Waals surface area contributed by atoms with Gasteiger partial charge in [0.2, 0.25) is 11.7 Å². The Balaban J connectivity index is 1.65. The summed E-state index contributed by atoms with van der Waals surface area (Å²) in [7, 11) is 0. The van der Waals surface area contributed by atoms with E-state index in [1.54, 1.807) is 0 Å². The van der Waals surface area contributed by atoms with Crippen LogP contribution in [-0.2, 0) is 12.1 Å². The van der Waals surface area contributed by atoms with Gasteiger partial charge in [-0.15, -0.1) is 0 Å². The number of aromatic nitrogens is 2. The molecule has 0 spiro atoms. The van der Waals surface area contributed by atoms with Crippen LogP contribution >= 0.6 is 0 Å². The molecule has 5 heteroatoms. The predicted molar refractivity (Wildman–Crippen MR) is 69.3 cm³/mol. The molecule has 1 atom stereocenters. The van der Waals surface area contributed by atoms with Crippen LogP contribution in [0.2, 0.25) is 0 Å². The summed E-state index contributed by atoms with van der Waals surface area (Å²) in [4.78, 5) is 4.33. The van der Waals surface area contributed by atoms with Gasteiger partial charge in [-0.25, -0.2) is 0 Å². The highest BCUT2D eigenvalue weighted by atomic mass is 16.5. The molecule has 1 aliphatic rings. The molecule has 1 unspecified atom stereocenters. The summed E-state index contributed by atoms with van der Waals surface area (Å²) in [5.74, 6) is 2.26. The molecule has 19 heavy (non-hydrogen) atoms. The van der Waals surface area contributed by atoms with E-state index >= 15 is 0 Å². The third kappa shape index (κ3) is 2.61. The van der Waals surface area contributed by atoms with E-state index in [-0.39, 0.29) is 6.61 Å². The van der Waals surface area contributed by atoms with Crippen LogP contribution in [0.1, 0.15) is 31.5 Å². The highest BCUT2D eigenvalue weighted by molar-refractivity contribution is 5.21. The molecule has 0 saturated heterocycles. The van der Waals surface area contributed by atoms with Crippen molar-refractivity contribution in [3.05, 3.63) is 42.0 Å². The van der Waals surface area contributed by atoms with Gasteiger partial charge in [0.15, 0.2) is 6.61 Å². The number of benzene rings is 1. The second-order valence-electron chi connectivity index (χ2n) is 5.17. The molecule has 0 radical (unpaired) electrons. The highest BCUT2D eigenvalue weighted by Gasteiger charge is 2.43. The molecule has 1 aromatic carbocycles. The molecular formula is C14H17N3O2. The molecule has 5 nitrogen and oxygen atoms in total. The lowest BCUT2D eigenvalue weighted by Gasteiger charge is -2.18. The maximum atomic E-state index is 6.23. The Labute approximate surface area is 111 Å². The third-order valence-corrected chi connectivity index (χ3v) is 3.47. The number of rotatable bonds is 5. The van der Waals surface area contributed by atoms with E-state index in [0.717, 1.165) is 18.6 Å². The number of hydrogen-bond donors (Lipinski definition) is 1. The summed E-state index contributed by atoms with van der Waals surface area (Å²) in [5.41, 5.74) is 5.71. The lowest BCUT2D eigenvalue weighted by molar-refractivity contribution is 0.263. The van der Waals surface area contributed by atoms with E-state index in [0.29, 0.717) is 17.6 Å². The monoisotopic (exact) mass is 259 g/mol. The molecule has 0 aliphatic heterocycles. The van der Waals surface area contributed by atoms with E-state index in [9.17, 15) is 0 Å². The van der Waals surface area contributed by atoms with Gasteiger partial charge in [0, 0.05) is 0 Å². The number of ether oxygens (including phenoxy) is 1. The Hall–Kier alpha value is -1.88. The van der Waals surface area contributed by atoms with Gasteiger partial charge in [-0.1, -0.05) is 23.4 Å². The number of nitrogens with two attached hydrogens (primary N) is 1. The van der Waals surface area contributed by atoms with Crippen molar-refractivity contribution in [2.24, 2.45) is 11.7 Å². The van der Waals surface area contributed by atoms with Gasteiger partial charge in [0.1, 0.15) is 5.75 Å². The maximum Gasteiger partial charge on any atom is 0.246 e. The Kier molecular flexibility index (Phi) is 2.98. The molecule has 2 aromatic rings. The summed E-state index contributed by atoms with van der Waals surface area (Å²) in [6.45, 7) is 2.23. The lowest BCUT2D eigenvalue weighted by Crippen LogP contribution is -2.35. The van der Waals surface area contributed by atoms with Gasteiger partial charge in [0.25, 0.3) is 0 Å². The molecule has 1 heterocycles. The number of hydrogen-bond acceptors (Lipinski definition) is 5. The van der Waals surface area contributed by atoms with Crippen LogP contribution in [0.15, 0.2) is 34.9 Å². The van der Waals surface area contributed by atoms with Gasteiger partial charge in [-0.2, -0.15) is 4.98 Å². The Morgan fingerprint density at radius 3 is 2.79 bits per heavy atom. The van der Waals surface area contributed by atoms with Crippen molar-refractivity contribution in [1.82, 2.24) is 10.1 Å². The van der Waals surface area contributed by atoms with Crippen LogP contribution in [0.5, 0.6) is 5.75 Å². The average molecular weight is 259 g/mol. The van der Waals surface area contributed by atoms with Gasteiger partial charge in [0.05, 0.1) is 5.54 Å².